The molecule has 0 aromatic rings. The van der Waals surface area contributed by atoms with Gasteiger partial charge in [0.2, 0.25) is 12.2 Å². The van der Waals surface area contributed by atoms with E-state index < -0.39 is 24.5 Å². The summed E-state index contributed by atoms with van der Waals surface area (Å²) in [6.45, 7) is 4.89. The van der Waals surface area contributed by atoms with Gasteiger partial charge in [-0.25, -0.2) is 9.59 Å². The van der Waals surface area contributed by atoms with Gasteiger partial charge in [0.05, 0.1) is 12.7 Å². The number of ether oxygens (including phenoxy) is 4. The molecule has 2 heterocycles. The highest BCUT2D eigenvalue weighted by molar-refractivity contribution is 8.00. The first kappa shape index (κ1) is 22.6. The molecule has 2 N–H and O–H groups in total. The smallest absolute Gasteiger partial charge is 0.431 e. The first-order valence-electron chi connectivity index (χ1n) is 7.75. The van der Waals surface area contributed by atoms with Crippen molar-refractivity contribution in [2.24, 2.45) is 5.73 Å². The fourth-order valence-corrected chi connectivity index (χ4v) is 3.71. The molecule has 0 bridgehead atoms. The van der Waals surface area contributed by atoms with Crippen LogP contribution >= 0.6 is 24.2 Å². The number of rotatable bonds is 6. The molecule has 0 saturated carbocycles. The summed E-state index contributed by atoms with van der Waals surface area (Å²) in [7, 11) is 1.49. The van der Waals surface area contributed by atoms with E-state index >= 15 is 0 Å². The van der Waals surface area contributed by atoms with E-state index in [-0.39, 0.29) is 42.1 Å². The fourth-order valence-electron chi connectivity index (χ4n) is 2.44. The molecule has 148 valence electrons. The van der Waals surface area contributed by atoms with E-state index in [0.717, 1.165) is 0 Å². The molecule has 3 atom stereocenters. The van der Waals surface area contributed by atoms with Crippen LogP contribution in [0.5, 0.6) is 0 Å². The van der Waals surface area contributed by atoms with Crippen LogP contribution in [0.2, 0.25) is 0 Å². The SMILES string of the molecule is COCC1=C(C(=O)O[C@@H](C)OC(=O)OC(C)C)N2C(=O)[C@@H](N)[C@H]2SC1.Cl. The zero-order chi connectivity index (χ0) is 18.7. The molecule has 2 aliphatic heterocycles. The van der Waals surface area contributed by atoms with Crippen molar-refractivity contribution in [2.75, 3.05) is 19.5 Å². The normalized spacial score (nSPS) is 22.8. The van der Waals surface area contributed by atoms with Crippen LogP contribution in [-0.4, -0.2) is 66.2 Å². The monoisotopic (exact) mass is 410 g/mol. The summed E-state index contributed by atoms with van der Waals surface area (Å²) in [5.74, 6) is -0.640. The zero-order valence-electron chi connectivity index (χ0n) is 14.9. The third-order valence-electron chi connectivity index (χ3n) is 3.47. The Kier molecular flexibility index (Phi) is 8.19. The van der Waals surface area contributed by atoms with Crippen LogP contribution < -0.4 is 5.73 Å². The largest absolute Gasteiger partial charge is 0.511 e. The molecule has 0 aliphatic carbocycles. The number of nitrogens with zero attached hydrogens (tertiary/aromatic N) is 1. The van der Waals surface area contributed by atoms with Crippen molar-refractivity contribution in [3.05, 3.63) is 11.3 Å². The van der Waals surface area contributed by atoms with E-state index in [1.54, 1.807) is 13.8 Å². The highest BCUT2D eigenvalue weighted by Crippen LogP contribution is 2.39. The summed E-state index contributed by atoms with van der Waals surface area (Å²) >= 11 is 1.46. The van der Waals surface area contributed by atoms with Crippen molar-refractivity contribution in [1.82, 2.24) is 4.90 Å². The van der Waals surface area contributed by atoms with Gasteiger partial charge < -0.3 is 24.7 Å². The maximum atomic E-state index is 12.5. The van der Waals surface area contributed by atoms with Gasteiger partial charge in [0.1, 0.15) is 17.1 Å². The van der Waals surface area contributed by atoms with Gasteiger partial charge in [-0.1, -0.05) is 0 Å². The Morgan fingerprint density at radius 1 is 1.27 bits per heavy atom. The number of amides is 1. The highest BCUT2D eigenvalue weighted by atomic mass is 35.5. The number of carbonyl (C=O) groups excluding carboxylic acids is 3. The Morgan fingerprint density at radius 2 is 1.92 bits per heavy atom. The van der Waals surface area contributed by atoms with Gasteiger partial charge in [-0.05, 0) is 19.4 Å². The third kappa shape index (κ3) is 4.81. The number of carbonyl (C=O) groups is 3. The molecule has 1 fully saturated rings. The number of fused-ring (bicyclic) bond motifs is 1. The lowest BCUT2D eigenvalue weighted by atomic mass is 10.0. The van der Waals surface area contributed by atoms with Crippen LogP contribution in [-0.2, 0) is 28.5 Å². The molecule has 0 unspecified atom stereocenters. The number of thioether (sulfide) groups is 1. The molecule has 0 aromatic carbocycles. The number of hydrogen-bond donors (Lipinski definition) is 1. The van der Waals surface area contributed by atoms with Crippen LogP contribution in [0, 0.1) is 0 Å². The van der Waals surface area contributed by atoms with Crippen molar-refractivity contribution in [2.45, 2.75) is 44.6 Å². The second-order valence-corrected chi connectivity index (χ2v) is 6.93. The van der Waals surface area contributed by atoms with Gasteiger partial charge in [0, 0.05) is 19.8 Å². The Morgan fingerprint density at radius 3 is 2.50 bits per heavy atom. The van der Waals surface area contributed by atoms with E-state index in [9.17, 15) is 14.4 Å². The van der Waals surface area contributed by atoms with Crippen molar-refractivity contribution in [1.29, 1.82) is 0 Å². The molecular weight excluding hydrogens is 388 g/mol. The lowest BCUT2D eigenvalue weighted by molar-refractivity contribution is -0.169. The second kappa shape index (κ2) is 9.45. The van der Waals surface area contributed by atoms with Gasteiger partial charge in [-0.2, -0.15) is 0 Å². The first-order chi connectivity index (χ1) is 11.8. The van der Waals surface area contributed by atoms with Gasteiger partial charge in [-0.15, -0.1) is 24.2 Å². The summed E-state index contributed by atoms with van der Waals surface area (Å²) in [5.41, 5.74) is 6.49. The number of methoxy groups -OCH3 is 1. The molecule has 2 aliphatic rings. The van der Waals surface area contributed by atoms with Gasteiger partial charge in [-0.3, -0.25) is 9.69 Å². The summed E-state index contributed by atoms with van der Waals surface area (Å²) in [6, 6.07) is -0.647. The number of esters is 1. The van der Waals surface area contributed by atoms with E-state index in [2.05, 4.69) is 0 Å². The first-order valence-corrected chi connectivity index (χ1v) is 8.80. The van der Waals surface area contributed by atoms with Crippen molar-refractivity contribution >= 4 is 42.2 Å². The molecular formula is C15H23ClN2O7S. The summed E-state index contributed by atoms with van der Waals surface area (Å²) in [4.78, 5) is 37.3. The van der Waals surface area contributed by atoms with Crippen LogP contribution in [0.15, 0.2) is 11.3 Å². The molecule has 0 aromatic heterocycles. The van der Waals surface area contributed by atoms with E-state index in [0.29, 0.717) is 11.3 Å². The van der Waals surface area contributed by atoms with Crippen LogP contribution in [0.3, 0.4) is 0 Å². The standard InChI is InChI=1S/C15H22N2O7S.ClH/c1-7(2)22-15(20)24-8(3)23-14(19)11-9(5-21-4)6-25-13-10(16)12(18)17(11)13;/h7-8,10,13H,5-6,16H2,1-4H3;1H/t8-,10-,13-;/m1./s1. The van der Waals surface area contributed by atoms with Gasteiger partial charge >= 0.3 is 12.1 Å². The maximum Gasteiger partial charge on any atom is 0.511 e. The molecule has 1 saturated heterocycles. The van der Waals surface area contributed by atoms with Crippen LogP contribution in [0.1, 0.15) is 20.8 Å². The second-order valence-electron chi connectivity index (χ2n) is 5.83. The van der Waals surface area contributed by atoms with E-state index in [1.807, 2.05) is 0 Å². The molecule has 26 heavy (non-hydrogen) atoms. The van der Waals surface area contributed by atoms with E-state index in [1.165, 1.54) is 30.7 Å². The summed E-state index contributed by atoms with van der Waals surface area (Å²) in [5, 5.41) is -0.308. The Labute approximate surface area is 161 Å². The average molecular weight is 411 g/mol. The molecule has 0 radical (unpaired) electrons. The summed E-state index contributed by atoms with van der Waals surface area (Å²) < 4.78 is 19.9. The van der Waals surface area contributed by atoms with Crippen LogP contribution in [0.4, 0.5) is 4.79 Å². The lowest BCUT2D eigenvalue weighted by Gasteiger charge is -2.48. The molecule has 11 heteroatoms. The Balaban J connectivity index is 0.00000338. The lowest BCUT2D eigenvalue weighted by Crippen LogP contribution is -2.68. The quantitative estimate of drug-likeness (QED) is 0.388. The molecule has 0 spiro atoms. The minimum absolute atomic E-state index is 0. The summed E-state index contributed by atoms with van der Waals surface area (Å²) in [6.07, 6.45) is -2.48. The Bertz CT molecular complexity index is 599. The predicted molar refractivity (Wildman–Crippen MR) is 95.5 cm³/mol. The molecule has 9 nitrogen and oxygen atoms in total. The number of hydrogen-bond acceptors (Lipinski definition) is 9. The average Bonchev–Trinajstić information content (AvgIpc) is 2.52. The molecule has 2 rings (SSSR count). The third-order valence-corrected chi connectivity index (χ3v) is 4.83. The number of nitrogens with two attached hydrogens (primary N) is 1. The van der Waals surface area contributed by atoms with Crippen molar-refractivity contribution in [3.8, 4) is 0 Å². The predicted octanol–water partition coefficient (Wildman–Crippen LogP) is 1.00. The fraction of sp³-hybridized carbons (Fsp3) is 0.667. The topological polar surface area (TPSA) is 117 Å². The van der Waals surface area contributed by atoms with Gasteiger partial charge in [0.15, 0.2) is 0 Å². The zero-order valence-corrected chi connectivity index (χ0v) is 16.6. The minimum Gasteiger partial charge on any atom is -0.431 e. The minimum atomic E-state index is -1.17. The van der Waals surface area contributed by atoms with E-state index in [4.69, 9.17) is 24.7 Å². The van der Waals surface area contributed by atoms with Gasteiger partial charge in [0.25, 0.3) is 0 Å². The van der Waals surface area contributed by atoms with Crippen LogP contribution in [0.25, 0.3) is 0 Å². The number of β-lactam (4-membered cyclic amide) rings is 1. The Hall–Kier alpha value is -1.49. The molecule has 1 amide bonds. The highest BCUT2D eigenvalue weighted by Gasteiger charge is 2.52. The number of halogens is 1. The van der Waals surface area contributed by atoms with Crippen molar-refractivity contribution < 1.29 is 33.3 Å². The van der Waals surface area contributed by atoms with Crippen molar-refractivity contribution in [3.63, 3.8) is 0 Å². The maximum absolute atomic E-state index is 12.5.